The highest BCUT2D eigenvalue weighted by Crippen LogP contribution is 2.21. The van der Waals surface area contributed by atoms with Gasteiger partial charge in [-0.15, -0.1) is 11.3 Å². The summed E-state index contributed by atoms with van der Waals surface area (Å²) in [6, 6.07) is 10.6. The van der Waals surface area contributed by atoms with Crippen LogP contribution in [0, 0.1) is 0 Å². The number of benzene rings is 1. The Kier molecular flexibility index (Phi) is 4.32. The monoisotopic (exact) mass is 397 g/mol. The van der Waals surface area contributed by atoms with Gasteiger partial charge in [0.2, 0.25) is 0 Å². The van der Waals surface area contributed by atoms with Crippen LogP contribution in [0.15, 0.2) is 62.9 Å². The Balaban J connectivity index is 1.79. The number of hydrogen-bond acceptors (Lipinski definition) is 4. The summed E-state index contributed by atoms with van der Waals surface area (Å²) in [4.78, 5) is 0. The fraction of sp³-hybridized carbons (Fsp3) is 0.0714. The highest BCUT2D eigenvalue weighted by molar-refractivity contribution is 9.10. The Morgan fingerprint density at radius 1 is 1.27 bits per heavy atom. The molecular formula is C14H12BrN3O2S2. The topological polar surface area (TPSA) is 64.0 Å². The quantitative estimate of drug-likeness (QED) is 0.715. The van der Waals surface area contributed by atoms with E-state index in [0.717, 1.165) is 10.0 Å². The molecular weight excluding hydrogens is 386 g/mol. The SMILES string of the molecule is O=S(=O)(Nc1cccc(Cn2cc(Br)cn2)c1)c1cccs1. The fourth-order valence-corrected chi connectivity index (χ4v) is 4.34. The molecule has 0 saturated carbocycles. The molecule has 0 aliphatic rings. The molecule has 114 valence electrons. The molecule has 1 N–H and O–H groups in total. The maximum atomic E-state index is 12.2. The van der Waals surface area contributed by atoms with Crippen LogP contribution in [0.4, 0.5) is 5.69 Å². The van der Waals surface area contributed by atoms with Crippen molar-refractivity contribution in [2.24, 2.45) is 0 Å². The molecule has 0 saturated heterocycles. The normalized spacial score (nSPS) is 11.5. The van der Waals surface area contributed by atoms with E-state index in [1.807, 2.05) is 18.3 Å². The molecule has 0 fully saturated rings. The lowest BCUT2D eigenvalue weighted by Gasteiger charge is -2.08. The van der Waals surface area contributed by atoms with Gasteiger partial charge in [0.05, 0.1) is 17.2 Å². The first-order chi connectivity index (χ1) is 10.5. The lowest BCUT2D eigenvalue weighted by molar-refractivity contribution is 0.603. The molecule has 2 aromatic heterocycles. The number of sulfonamides is 1. The maximum absolute atomic E-state index is 12.2. The Morgan fingerprint density at radius 3 is 2.82 bits per heavy atom. The van der Waals surface area contributed by atoms with E-state index in [2.05, 4.69) is 25.8 Å². The van der Waals surface area contributed by atoms with Gasteiger partial charge in [-0.25, -0.2) is 8.42 Å². The van der Waals surface area contributed by atoms with E-state index < -0.39 is 10.0 Å². The standard InChI is InChI=1S/C14H12BrN3O2S2/c15-12-8-16-18(10-12)9-11-3-1-4-13(7-11)17-22(19,20)14-5-2-6-21-14/h1-8,10,17H,9H2. The van der Waals surface area contributed by atoms with E-state index >= 15 is 0 Å². The maximum Gasteiger partial charge on any atom is 0.271 e. The zero-order valence-corrected chi connectivity index (χ0v) is 14.5. The average Bonchev–Trinajstić information content (AvgIpc) is 3.11. The van der Waals surface area contributed by atoms with E-state index in [4.69, 9.17) is 0 Å². The molecule has 3 rings (SSSR count). The minimum Gasteiger partial charge on any atom is -0.279 e. The zero-order chi connectivity index (χ0) is 15.6. The van der Waals surface area contributed by atoms with Gasteiger partial charge in [0.25, 0.3) is 10.0 Å². The van der Waals surface area contributed by atoms with Crippen LogP contribution in [0.2, 0.25) is 0 Å². The number of thiophene rings is 1. The van der Waals surface area contributed by atoms with Crippen LogP contribution in [-0.2, 0) is 16.6 Å². The molecule has 2 heterocycles. The van der Waals surface area contributed by atoms with E-state index in [0.29, 0.717) is 16.4 Å². The van der Waals surface area contributed by atoms with E-state index in [-0.39, 0.29) is 0 Å². The fourth-order valence-electron chi connectivity index (χ4n) is 1.97. The number of aromatic nitrogens is 2. The lowest BCUT2D eigenvalue weighted by atomic mass is 10.2. The Morgan fingerprint density at radius 2 is 2.14 bits per heavy atom. The molecule has 0 spiro atoms. The van der Waals surface area contributed by atoms with Crippen LogP contribution in [0.3, 0.4) is 0 Å². The van der Waals surface area contributed by atoms with Gasteiger partial charge in [-0.2, -0.15) is 5.10 Å². The summed E-state index contributed by atoms with van der Waals surface area (Å²) in [6.07, 6.45) is 3.58. The van der Waals surface area contributed by atoms with Crippen molar-refractivity contribution >= 4 is 43.0 Å². The van der Waals surface area contributed by atoms with Crippen molar-refractivity contribution in [3.63, 3.8) is 0 Å². The molecule has 0 aliphatic heterocycles. The third kappa shape index (κ3) is 3.57. The first-order valence-electron chi connectivity index (χ1n) is 6.36. The molecule has 5 nitrogen and oxygen atoms in total. The second-order valence-corrected chi connectivity index (χ2v) is 8.37. The minimum atomic E-state index is -3.52. The zero-order valence-electron chi connectivity index (χ0n) is 11.3. The van der Waals surface area contributed by atoms with Gasteiger partial charge in [0.1, 0.15) is 4.21 Å². The van der Waals surface area contributed by atoms with Crippen LogP contribution in [0.25, 0.3) is 0 Å². The first kappa shape index (κ1) is 15.3. The molecule has 8 heteroatoms. The third-order valence-electron chi connectivity index (χ3n) is 2.89. The number of nitrogens with zero attached hydrogens (tertiary/aromatic N) is 2. The van der Waals surface area contributed by atoms with Crippen LogP contribution in [-0.4, -0.2) is 18.2 Å². The second kappa shape index (κ2) is 6.23. The lowest BCUT2D eigenvalue weighted by Crippen LogP contribution is -2.11. The largest absolute Gasteiger partial charge is 0.279 e. The van der Waals surface area contributed by atoms with Crippen molar-refractivity contribution in [2.75, 3.05) is 4.72 Å². The van der Waals surface area contributed by atoms with Crippen LogP contribution in [0.5, 0.6) is 0 Å². The second-order valence-electron chi connectivity index (χ2n) is 4.59. The van der Waals surface area contributed by atoms with E-state index in [9.17, 15) is 8.42 Å². The van der Waals surface area contributed by atoms with Gasteiger partial charge in [-0.1, -0.05) is 18.2 Å². The van der Waals surface area contributed by atoms with Gasteiger partial charge in [0, 0.05) is 11.9 Å². The highest BCUT2D eigenvalue weighted by Gasteiger charge is 2.15. The van der Waals surface area contributed by atoms with Gasteiger partial charge in [-0.05, 0) is 45.1 Å². The van der Waals surface area contributed by atoms with Crippen molar-refractivity contribution in [3.8, 4) is 0 Å². The van der Waals surface area contributed by atoms with Crippen LogP contribution >= 0.6 is 27.3 Å². The van der Waals surface area contributed by atoms with Crippen molar-refractivity contribution in [3.05, 3.63) is 64.2 Å². The Hall–Kier alpha value is -1.64. The minimum absolute atomic E-state index is 0.300. The van der Waals surface area contributed by atoms with Gasteiger partial charge in [0.15, 0.2) is 0 Å². The molecule has 22 heavy (non-hydrogen) atoms. The summed E-state index contributed by atoms with van der Waals surface area (Å²) < 4.78 is 30.0. The van der Waals surface area contributed by atoms with Crippen molar-refractivity contribution in [1.82, 2.24) is 9.78 Å². The predicted octanol–water partition coefficient (Wildman–Crippen LogP) is 3.56. The van der Waals surface area contributed by atoms with E-state index in [1.54, 1.807) is 40.5 Å². The summed E-state index contributed by atoms with van der Waals surface area (Å²) in [5.41, 5.74) is 1.50. The summed E-state index contributed by atoms with van der Waals surface area (Å²) in [5.74, 6) is 0. The number of hydrogen-bond donors (Lipinski definition) is 1. The van der Waals surface area contributed by atoms with E-state index in [1.165, 1.54) is 11.3 Å². The first-order valence-corrected chi connectivity index (χ1v) is 9.52. The number of nitrogens with one attached hydrogen (secondary N) is 1. The molecule has 1 aromatic carbocycles. The van der Waals surface area contributed by atoms with Crippen molar-refractivity contribution in [1.29, 1.82) is 0 Å². The van der Waals surface area contributed by atoms with Crippen LogP contribution < -0.4 is 4.72 Å². The summed E-state index contributed by atoms with van der Waals surface area (Å²) in [7, 11) is -3.52. The Labute approximate surface area is 140 Å². The molecule has 0 atom stereocenters. The number of halogens is 1. The number of rotatable bonds is 5. The van der Waals surface area contributed by atoms with Gasteiger partial charge in [-0.3, -0.25) is 9.40 Å². The smallest absolute Gasteiger partial charge is 0.271 e. The van der Waals surface area contributed by atoms with Crippen molar-refractivity contribution < 1.29 is 8.42 Å². The molecule has 0 bridgehead atoms. The summed E-state index contributed by atoms with van der Waals surface area (Å²) in [5, 5.41) is 5.93. The molecule has 0 unspecified atom stereocenters. The predicted molar refractivity (Wildman–Crippen MR) is 90.6 cm³/mol. The average molecular weight is 398 g/mol. The van der Waals surface area contributed by atoms with Gasteiger partial charge < -0.3 is 0 Å². The molecule has 0 aliphatic carbocycles. The molecule has 0 radical (unpaired) electrons. The third-order valence-corrected chi connectivity index (χ3v) is 6.07. The highest BCUT2D eigenvalue weighted by atomic mass is 79.9. The van der Waals surface area contributed by atoms with Crippen LogP contribution in [0.1, 0.15) is 5.56 Å². The Bertz CT molecular complexity index is 873. The summed E-state index contributed by atoms with van der Waals surface area (Å²) >= 11 is 4.54. The summed E-state index contributed by atoms with van der Waals surface area (Å²) in [6.45, 7) is 0.570. The van der Waals surface area contributed by atoms with Gasteiger partial charge >= 0.3 is 0 Å². The molecule has 3 aromatic rings. The number of anilines is 1. The molecule has 0 amide bonds. The van der Waals surface area contributed by atoms with Crippen molar-refractivity contribution in [2.45, 2.75) is 10.8 Å².